The van der Waals surface area contributed by atoms with E-state index < -0.39 is 0 Å². The Morgan fingerprint density at radius 2 is 2.45 bits per heavy atom. The predicted octanol–water partition coefficient (Wildman–Crippen LogP) is 0.654. The van der Waals surface area contributed by atoms with Crippen molar-refractivity contribution in [1.82, 2.24) is 4.98 Å². The minimum atomic E-state index is 0.353. The zero-order chi connectivity index (χ0) is 8.27. The normalized spacial score (nSPS) is 8.73. The van der Waals surface area contributed by atoms with Crippen LogP contribution in [0.2, 0.25) is 0 Å². The van der Waals surface area contributed by atoms with Crippen molar-refractivity contribution in [3.05, 3.63) is 17.8 Å². The van der Waals surface area contributed by atoms with Gasteiger partial charge in [-0.1, -0.05) is 5.92 Å². The van der Waals surface area contributed by atoms with E-state index in [-0.39, 0.29) is 0 Å². The van der Waals surface area contributed by atoms with E-state index >= 15 is 0 Å². The standard InChI is InChI=1S/C8H8N2O/c1-3-6-4-7(11-2)8(9)10-5-6/h1,4-5H,2H3,(H2,9,10). The summed E-state index contributed by atoms with van der Waals surface area (Å²) in [5.74, 6) is 3.30. The van der Waals surface area contributed by atoms with Crippen LogP contribution in [0.5, 0.6) is 5.75 Å². The highest BCUT2D eigenvalue weighted by atomic mass is 16.5. The van der Waals surface area contributed by atoms with Gasteiger partial charge < -0.3 is 10.5 Å². The number of anilines is 1. The first-order valence-electron chi connectivity index (χ1n) is 3.04. The van der Waals surface area contributed by atoms with Crippen molar-refractivity contribution in [3.63, 3.8) is 0 Å². The van der Waals surface area contributed by atoms with Gasteiger partial charge in [-0.2, -0.15) is 0 Å². The van der Waals surface area contributed by atoms with E-state index in [0.717, 1.165) is 0 Å². The summed E-state index contributed by atoms with van der Waals surface area (Å²) < 4.78 is 4.90. The van der Waals surface area contributed by atoms with Crippen LogP contribution in [0, 0.1) is 12.3 Å². The van der Waals surface area contributed by atoms with Gasteiger partial charge in [-0.15, -0.1) is 6.42 Å². The second-order valence-electron chi connectivity index (χ2n) is 1.96. The van der Waals surface area contributed by atoms with Crippen molar-refractivity contribution in [2.75, 3.05) is 12.8 Å². The molecule has 3 nitrogen and oxygen atoms in total. The third-order valence-electron chi connectivity index (χ3n) is 1.27. The molecule has 2 N–H and O–H groups in total. The maximum atomic E-state index is 5.45. The second-order valence-corrected chi connectivity index (χ2v) is 1.96. The first-order chi connectivity index (χ1) is 5.27. The molecule has 1 rings (SSSR count). The highest BCUT2D eigenvalue weighted by Gasteiger charge is 1.99. The molecule has 0 amide bonds. The number of nitrogens with two attached hydrogens (primary N) is 1. The Bertz CT molecular complexity index is 301. The van der Waals surface area contributed by atoms with Crippen LogP contribution in [0.4, 0.5) is 5.82 Å². The number of pyridine rings is 1. The molecule has 0 atom stereocenters. The highest BCUT2D eigenvalue weighted by molar-refractivity contribution is 5.49. The number of methoxy groups -OCH3 is 1. The maximum Gasteiger partial charge on any atom is 0.166 e. The topological polar surface area (TPSA) is 48.1 Å². The minimum Gasteiger partial charge on any atom is -0.493 e. The first kappa shape index (κ1) is 7.42. The molecule has 0 aliphatic carbocycles. The lowest BCUT2D eigenvalue weighted by Gasteiger charge is -2.01. The number of terminal acetylenes is 1. The minimum absolute atomic E-state index is 0.353. The van der Waals surface area contributed by atoms with E-state index in [4.69, 9.17) is 16.9 Å². The molecule has 0 aliphatic heterocycles. The summed E-state index contributed by atoms with van der Waals surface area (Å²) in [4.78, 5) is 3.83. The van der Waals surface area contributed by atoms with Crippen LogP contribution in [-0.2, 0) is 0 Å². The number of ether oxygens (including phenoxy) is 1. The van der Waals surface area contributed by atoms with Crippen molar-refractivity contribution in [2.45, 2.75) is 0 Å². The average Bonchev–Trinajstić information content (AvgIpc) is 2.05. The molecule has 0 bridgehead atoms. The number of hydrogen-bond acceptors (Lipinski definition) is 3. The van der Waals surface area contributed by atoms with Gasteiger partial charge in [0, 0.05) is 17.8 Å². The highest BCUT2D eigenvalue weighted by Crippen LogP contribution is 2.18. The summed E-state index contributed by atoms with van der Waals surface area (Å²) in [6.45, 7) is 0. The summed E-state index contributed by atoms with van der Waals surface area (Å²) in [5, 5.41) is 0. The average molecular weight is 148 g/mol. The van der Waals surface area contributed by atoms with Crippen molar-refractivity contribution < 1.29 is 4.74 Å². The van der Waals surface area contributed by atoms with E-state index in [0.29, 0.717) is 17.1 Å². The third-order valence-corrected chi connectivity index (χ3v) is 1.27. The first-order valence-corrected chi connectivity index (χ1v) is 3.04. The van der Waals surface area contributed by atoms with Crippen molar-refractivity contribution in [1.29, 1.82) is 0 Å². The Morgan fingerprint density at radius 1 is 1.73 bits per heavy atom. The number of aromatic nitrogens is 1. The molecule has 0 spiro atoms. The van der Waals surface area contributed by atoms with Gasteiger partial charge in [-0.25, -0.2) is 4.98 Å². The Kier molecular flexibility index (Phi) is 1.98. The van der Waals surface area contributed by atoms with E-state index in [2.05, 4.69) is 10.9 Å². The Labute approximate surface area is 65.2 Å². The molecule has 11 heavy (non-hydrogen) atoms. The summed E-state index contributed by atoms with van der Waals surface area (Å²) in [6.07, 6.45) is 6.66. The predicted molar refractivity (Wildman–Crippen MR) is 43.1 cm³/mol. The molecule has 1 aromatic rings. The van der Waals surface area contributed by atoms with Crippen LogP contribution in [0.25, 0.3) is 0 Å². The largest absolute Gasteiger partial charge is 0.493 e. The fourth-order valence-corrected chi connectivity index (χ4v) is 0.698. The number of nitrogens with zero attached hydrogens (tertiary/aromatic N) is 1. The molecule has 1 heterocycles. The Morgan fingerprint density at radius 3 is 3.00 bits per heavy atom. The fourth-order valence-electron chi connectivity index (χ4n) is 0.698. The zero-order valence-electron chi connectivity index (χ0n) is 6.16. The quantitative estimate of drug-likeness (QED) is 0.595. The molecule has 3 heteroatoms. The summed E-state index contributed by atoms with van der Waals surface area (Å²) in [7, 11) is 1.52. The lowest BCUT2D eigenvalue weighted by atomic mass is 10.3. The maximum absolute atomic E-state index is 5.45. The van der Waals surface area contributed by atoms with Gasteiger partial charge in [0.1, 0.15) is 0 Å². The van der Waals surface area contributed by atoms with E-state index in [1.165, 1.54) is 13.3 Å². The van der Waals surface area contributed by atoms with Crippen LogP contribution >= 0.6 is 0 Å². The number of hydrogen-bond donors (Lipinski definition) is 1. The Balaban J connectivity index is 3.15. The van der Waals surface area contributed by atoms with Gasteiger partial charge >= 0.3 is 0 Å². The van der Waals surface area contributed by atoms with Gasteiger partial charge in [-0.05, 0) is 0 Å². The third kappa shape index (κ3) is 1.41. The summed E-state index contributed by atoms with van der Waals surface area (Å²) >= 11 is 0. The molecule has 56 valence electrons. The van der Waals surface area contributed by atoms with Crippen LogP contribution < -0.4 is 10.5 Å². The van der Waals surface area contributed by atoms with Gasteiger partial charge in [0.05, 0.1) is 7.11 Å². The molecular formula is C8H8N2O. The van der Waals surface area contributed by atoms with Gasteiger partial charge in [-0.3, -0.25) is 0 Å². The van der Waals surface area contributed by atoms with Crippen molar-refractivity contribution in [3.8, 4) is 18.1 Å². The summed E-state index contributed by atoms with van der Waals surface area (Å²) in [6, 6.07) is 1.67. The summed E-state index contributed by atoms with van der Waals surface area (Å²) in [5.41, 5.74) is 6.11. The molecule has 0 saturated heterocycles. The number of rotatable bonds is 1. The molecule has 0 radical (unpaired) electrons. The van der Waals surface area contributed by atoms with Crippen LogP contribution in [-0.4, -0.2) is 12.1 Å². The van der Waals surface area contributed by atoms with Gasteiger partial charge in [0.2, 0.25) is 0 Å². The lowest BCUT2D eigenvalue weighted by molar-refractivity contribution is 0.415. The molecule has 0 unspecified atom stereocenters. The van der Waals surface area contributed by atoms with Crippen LogP contribution in [0.1, 0.15) is 5.56 Å². The van der Waals surface area contributed by atoms with Gasteiger partial charge in [0.15, 0.2) is 11.6 Å². The molecule has 1 aromatic heterocycles. The fraction of sp³-hybridized carbons (Fsp3) is 0.125. The SMILES string of the molecule is C#Cc1cnc(N)c(OC)c1. The molecular weight excluding hydrogens is 140 g/mol. The Hall–Kier alpha value is -1.69. The molecule has 0 fully saturated rings. The monoisotopic (exact) mass is 148 g/mol. The zero-order valence-corrected chi connectivity index (χ0v) is 6.16. The van der Waals surface area contributed by atoms with Crippen LogP contribution in [0.3, 0.4) is 0 Å². The van der Waals surface area contributed by atoms with Crippen molar-refractivity contribution >= 4 is 5.82 Å². The van der Waals surface area contributed by atoms with Crippen LogP contribution in [0.15, 0.2) is 12.3 Å². The second kappa shape index (κ2) is 2.93. The van der Waals surface area contributed by atoms with Gasteiger partial charge in [0.25, 0.3) is 0 Å². The number of nitrogen functional groups attached to an aromatic ring is 1. The van der Waals surface area contributed by atoms with E-state index in [1.807, 2.05) is 0 Å². The smallest absolute Gasteiger partial charge is 0.166 e. The molecule has 0 aromatic carbocycles. The molecule has 0 aliphatic rings. The van der Waals surface area contributed by atoms with E-state index in [1.54, 1.807) is 6.07 Å². The lowest BCUT2D eigenvalue weighted by Crippen LogP contribution is -1.95. The van der Waals surface area contributed by atoms with Crippen molar-refractivity contribution in [2.24, 2.45) is 0 Å². The van der Waals surface area contributed by atoms with E-state index in [9.17, 15) is 0 Å². The molecule has 0 saturated carbocycles.